The van der Waals surface area contributed by atoms with Gasteiger partial charge >= 0.3 is 5.97 Å². The molecule has 1 N–H and O–H groups in total. The number of benzene rings is 1. The van der Waals surface area contributed by atoms with Gasteiger partial charge in [-0.2, -0.15) is 0 Å². The summed E-state index contributed by atoms with van der Waals surface area (Å²) in [7, 11) is 0. The molecule has 0 aliphatic rings. The van der Waals surface area contributed by atoms with E-state index in [0.29, 0.717) is 24.7 Å². The van der Waals surface area contributed by atoms with E-state index in [4.69, 9.17) is 14.6 Å². The van der Waals surface area contributed by atoms with Crippen LogP contribution in [0, 0.1) is 0 Å². The van der Waals surface area contributed by atoms with Crippen molar-refractivity contribution in [2.75, 3.05) is 6.61 Å². The smallest absolute Gasteiger partial charge is 0.335 e. The zero-order valence-corrected chi connectivity index (χ0v) is 11.1. The summed E-state index contributed by atoms with van der Waals surface area (Å²) < 4.78 is 11.1. The quantitative estimate of drug-likeness (QED) is 0.876. The highest BCUT2D eigenvalue weighted by molar-refractivity contribution is 5.88. The normalized spacial score (nSPS) is 10.1. The van der Waals surface area contributed by atoms with Crippen molar-refractivity contribution in [1.29, 1.82) is 0 Å². The average Bonchev–Trinajstić information content (AvgIpc) is 2.47. The van der Waals surface area contributed by atoms with E-state index < -0.39 is 5.97 Å². The van der Waals surface area contributed by atoms with Crippen LogP contribution >= 0.6 is 0 Å². The van der Waals surface area contributed by atoms with Crippen molar-refractivity contribution in [1.82, 2.24) is 4.98 Å². The molecular weight excluding hydrogens is 258 g/mol. The topological polar surface area (TPSA) is 68.7 Å². The molecule has 0 aliphatic heterocycles. The predicted molar refractivity (Wildman–Crippen MR) is 73.1 cm³/mol. The van der Waals surface area contributed by atoms with Gasteiger partial charge in [0.1, 0.15) is 6.61 Å². The molecule has 0 amide bonds. The molecular formula is C15H15NO4. The van der Waals surface area contributed by atoms with Gasteiger partial charge in [-0.25, -0.2) is 4.79 Å². The van der Waals surface area contributed by atoms with Crippen molar-refractivity contribution in [3.63, 3.8) is 0 Å². The first-order chi connectivity index (χ1) is 9.70. The Labute approximate surface area is 116 Å². The van der Waals surface area contributed by atoms with E-state index in [1.54, 1.807) is 18.5 Å². The van der Waals surface area contributed by atoms with E-state index in [2.05, 4.69) is 4.98 Å². The summed E-state index contributed by atoms with van der Waals surface area (Å²) >= 11 is 0. The third kappa shape index (κ3) is 3.47. The Kier molecular flexibility index (Phi) is 4.55. The second-order valence-electron chi connectivity index (χ2n) is 4.05. The molecule has 0 aliphatic carbocycles. The molecule has 5 heteroatoms. The van der Waals surface area contributed by atoms with Gasteiger partial charge in [0.25, 0.3) is 0 Å². The number of hydrogen-bond donors (Lipinski definition) is 1. The number of carboxylic acids is 1. The second-order valence-corrected chi connectivity index (χ2v) is 4.05. The van der Waals surface area contributed by atoms with Crippen LogP contribution in [0.15, 0.2) is 42.7 Å². The van der Waals surface area contributed by atoms with Gasteiger partial charge in [-0.1, -0.05) is 6.07 Å². The number of pyridine rings is 1. The fourth-order valence-corrected chi connectivity index (χ4v) is 1.67. The lowest BCUT2D eigenvalue weighted by Crippen LogP contribution is -2.02. The minimum atomic E-state index is -0.996. The standard InChI is InChI=1S/C15H15NO4/c1-2-19-14-8-12(15(17)18)5-6-13(14)20-10-11-4-3-7-16-9-11/h3-9H,2,10H2,1H3,(H,17,18). The molecule has 2 rings (SSSR count). The van der Waals surface area contributed by atoms with Crippen LogP contribution in [0.4, 0.5) is 0 Å². The maximum atomic E-state index is 10.9. The van der Waals surface area contributed by atoms with Gasteiger partial charge in [-0.3, -0.25) is 4.98 Å². The van der Waals surface area contributed by atoms with Gasteiger partial charge < -0.3 is 14.6 Å². The van der Waals surface area contributed by atoms with E-state index in [-0.39, 0.29) is 5.56 Å². The summed E-state index contributed by atoms with van der Waals surface area (Å²) in [5, 5.41) is 8.97. The number of carboxylic acid groups (broad SMARTS) is 1. The van der Waals surface area contributed by atoms with Crippen LogP contribution < -0.4 is 9.47 Å². The van der Waals surface area contributed by atoms with Crippen LogP contribution in [0.3, 0.4) is 0 Å². The molecule has 1 aromatic heterocycles. The van der Waals surface area contributed by atoms with Gasteiger partial charge in [0.2, 0.25) is 0 Å². The molecule has 0 atom stereocenters. The Morgan fingerprint density at radius 3 is 2.75 bits per heavy atom. The zero-order chi connectivity index (χ0) is 14.4. The van der Waals surface area contributed by atoms with E-state index in [0.717, 1.165) is 5.56 Å². The Bertz CT molecular complexity index is 584. The highest BCUT2D eigenvalue weighted by Crippen LogP contribution is 2.29. The fraction of sp³-hybridized carbons (Fsp3) is 0.200. The molecule has 1 aromatic carbocycles. The molecule has 0 fully saturated rings. The molecule has 0 saturated heterocycles. The zero-order valence-electron chi connectivity index (χ0n) is 11.1. The second kappa shape index (κ2) is 6.56. The maximum Gasteiger partial charge on any atom is 0.335 e. The van der Waals surface area contributed by atoms with E-state index in [1.165, 1.54) is 12.1 Å². The Morgan fingerprint density at radius 1 is 1.25 bits per heavy atom. The van der Waals surface area contributed by atoms with Gasteiger partial charge in [-0.05, 0) is 31.2 Å². The highest BCUT2D eigenvalue weighted by Gasteiger charge is 2.10. The summed E-state index contributed by atoms with van der Waals surface area (Å²) in [5.74, 6) is -0.0539. The van der Waals surface area contributed by atoms with Crippen molar-refractivity contribution >= 4 is 5.97 Å². The number of hydrogen-bond acceptors (Lipinski definition) is 4. The summed E-state index contributed by atoms with van der Waals surface area (Å²) in [6.07, 6.45) is 3.41. The molecule has 5 nitrogen and oxygen atoms in total. The lowest BCUT2D eigenvalue weighted by Gasteiger charge is -2.12. The Hall–Kier alpha value is -2.56. The third-order valence-corrected chi connectivity index (χ3v) is 2.61. The molecule has 0 unspecified atom stereocenters. The minimum Gasteiger partial charge on any atom is -0.490 e. The molecule has 104 valence electrons. The minimum absolute atomic E-state index is 0.169. The van der Waals surface area contributed by atoms with E-state index in [1.807, 2.05) is 19.1 Å². The number of aromatic nitrogens is 1. The molecule has 20 heavy (non-hydrogen) atoms. The van der Waals surface area contributed by atoms with Crippen molar-refractivity contribution < 1.29 is 19.4 Å². The van der Waals surface area contributed by atoms with E-state index >= 15 is 0 Å². The van der Waals surface area contributed by atoms with Crippen molar-refractivity contribution in [3.8, 4) is 11.5 Å². The lowest BCUT2D eigenvalue weighted by molar-refractivity contribution is 0.0696. The van der Waals surface area contributed by atoms with Crippen molar-refractivity contribution in [2.45, 2.75) is 13.5 Å². The van der Waals surface area contributed by atoms with Crippen molar-refractivity contribution in [2.24, 2.45) is 0 Å². The number of ether oxygens (including phenoxy) is 2. The van der Waals surface area contributed by atoms with Gasteiger partial charge in [0.15, 0.2) is 11.5 Å². The van der Waals surface area contributed by atoms with Crippen LogP contribution in [-0.4, -0.2) is 22.7 Å². The first-order valence-electron chi connectivity index (χ1n) is 6.22. The molecule has 0 radical (unpaired) electrons. The number of rotatable bonds is 6. The molecule has 0 spiro atoms. The number of carbonyl (C=O) groups is 1. The molecule has 0 saturated carbocycles. The van der Waals surface area contributed by atoms with Gasteiger partial charge in [-0.15, -0.1) is 0 Å². The van der Waals surface area contributed by atoms with Gasteiger partial charge in [0.05, 0.1) is 12.2 Å². The number of aromatic carboxylic acids is 1. The SMILES string of the molecule is CCOc1cc(C(=O)O)ccc1OCc1cccnc1. The highest BCUT2D eigenvalue weighted by atomic mass is 16.5. The van der Waals surface area contributed by atoms with Crippen LogP contribution in [-0.2, 0) is 6.61 Å². The maximum absolute atomic E-state index is 10.9. The summed E-state index contributed by atoms with van der Waals surface area (Å²) in [4.78, 5) is 14.9. The monoisotopic (exact) mass is 273 g/mol. The summed E-state index contributed by atoms with van der Waals surface area (Å²) in [6.45, 7) is 2.62. The van der Waals surface area contributed by atoms with Crippen LogP contribution in [0.25, 0.3) is 0 Å². The lowest BCUT2D eigenvalue weighted by atomic mass is 10.2. The summed E-state index contributed by atoms with van der Waals surface area (Å²) in [5.41, 5.74) is 1.10. The van der Waals surface area contributed by atoms with Crippen LogP contribution in [0.1, 0.15) is 22.8 Å². The van der Waals surface area contributed by atoms with E-state index in [9.17, 15) is 4.79 Å². The van der Waals surface area contributed by atoms with Crippen molar-refractivity contribution in [3.05, 3.63) is 53.9 Å². The Morgan fingerprint density at radius 2 is 2.10 bits per heavy atom. The molecule has 2 aromatic rings. The number of nitrogens with zero attached hydrogens (tertiary/aromatic N) is 1. The first-order valence-corrected chi connectivity index (χ1v) is 6.22. The predicted octanol–water partition coefficient (Wildman–Crippen LogP) is 2.76. The molecule has 0 bridgehead atoms. The Balaban J connectivity index is 2.16. The summed E-state index contributed by atoms with van der Waals surface area (Å²) in [6, 6.07) is 8.29. The first kappa shape index (κ1) is 13.9. The average molecular weight is 273 g/mol. The third-order valence-electron chi connectivity index (χ3n) is 2.61. The fourth-order valence-electron chi connectivity index (χ4n) is 1.67. The van der Waals surface area contributed by atoms with Gasteiger partial charge in [0, 0.05) is 18.0 Å². The molecule has 1 heterocycles. The van der Waals surface area contributed by atoms with Crippen LogP contribution in [0.2, 0.25) is 0 Å². The van der Waals surface area contributed by atoms with Crippen LogP contribution in [0.5, 0.6) is 11.5 Å². The largest absolute Gasteiger partial charge is 0.490 e.